The van der Waals surface area contributed by atoms with E-state index in [2.05, 4.69) is 19.9 Å². The van der Waals surface area contributed by atoms with Crippen LogP contribution in [0, 0.1) is 0 Å². The lowest BCUT2D eigenvalue weighted by Gasteiger charge is -2.11. The Hall–Kier alpha value is -3.14. The number of aromatic amines is 1. The number of nitrogens with one attached hydrogen (secondary N) is 2. The van der Waals surface area contributed by atoms with Crippen LogP contribution in [0.3, 0.4) is 0 Å². The lowest BCUT2D eigenvalue weighted by atomic mass is 10.1. The summed E-state index contributed by atoms with van der Waals surface area (Å²) < 4.78 is 33.6. The van der Waals surface area contributed by atoms with Gasteiger partial charge in [-0.1, -0.05) is 25.1 Å². The maximum Gasteiger partial charge on any atom is 0.311 e. The van der Waals surface area contributed by atoms with E-state index in [1.54, 1.807) is 17.0 Å². The number of para-hydroxylation sites is 1. The Kier molecular flexibility index (Phi) is 5.10. The Labute approximate surface area is 168 Å². The quantitative estimate of drug-likeness (QED) is 0.638. The first-order chi connectivity index (χ1) is 14.0. The third kappa shape index (κ3) is 3.88. The zero-order chi connectivity index (χ0) is 20.4. The van der Waals surface area contributed by atoms with Gasteiger partial charge in [0.15, 0.2) is 0 Å². The van der Waals surface area contributed by atoms with Gasteiger partial charge in [0, 0.05) is 19.3 Å². The molecule has 0 aliphatic carbocycles. The molecule has 0 atom stereocenters. The summed E-state index contributed by atoms with van der Waals surface area (Å²) in [6, 6.07) is 8.63. The number of rotatable bonds is 6. The summed E-state index contributed by atoms with van der Waals surface area (Å²) in [5.74, 6) is -0.350. The number of nitrogens with zero attached hydrogens (tertiary/aromatic N) is 3. The van der Waals surface area contributed by atoms with Crippen LogP contribution in [0.15, 0.2) is 45.8 Å². The standard InChI is InChI=1S/C19H21N5O4S/c1-2-13-7-3-4-8-15(13)23-29(26,27)14-11-16(20-12-14)17-21-22-18(28-17)19(25)24-9-5-6-10-24/h3-4,7-8,11-12,20,23H,2,5-6,9-10H2,1H3. The van der Waals surface area contributed by atoms with E-state index in [4.69, 9.17) is 4.42 Å². The number of H-pyrrole nitrogens is 1. The number of carbonyl (C=O) groups excluding carboxylic acids is 1. The number of aryl methyl sites for hydroxylation is 1. The van der Waals surface area contributed by atoms with E-state index in [-0.39, 0.29) is 22.6 Å². The van der Waals surface area contributed by atoms with Crippen molar-refractivity contribution in [3.8, 4) is 11.6 Å². The normalized spacial score (nSPS) is 14.3. The number of amides is 1. The van der Waals surface area contributed by atoms with Crippen LogP contribution in [-0.2, 0) is 16.4 Å². The van der Waals surface area contributed by atoms with Crippen molar-refractivity contribution in [1.82, 2.24) is 20.1 Å². The van der Waals surface area contributed by atoms with E-state index >= 15 is 0 Å². The minimum absolute atomic E-state index is 0.0315. The van der Waals surface area contributed by atoms with Gasteiger partial charge < -0.3 is 14.3 Å². The molecule has 3 heterocycles. The zero-order valence-electron chi connectivity index (χ0n) is 15.9. The third-order valence-corrected chi connectivity index (χ3v) is 6.19. The minimum atomic E-state index is -3.80. The Bertz CT molecular complexity index is 1130. The fourth-order valence-electron chi connectivity index (χ4n) is 3.26. The van der Waals surface area contributed by atoms with E-state index in [1.807, 2.05) is 19.1 Å². The van der Waals surface area contributed by atoms with Crippen LogP contribution >= 0.6 is 0 Å². The number of likely N-dealkylation sites (tertiary alicyclic amines) is 1. The Morgan fingerprint density at radius 2 is 2.00 bits per heavy atom. The highest BCUT2D eigenvalue weighted by atomic mass is 32.2. The number of hydrogen-bond acceptors (Lipinski definition) is 6. The second kappa shape index (κ2) is 7.70. The van der Waals surface area contributed by atoms with Gasteiger partial charge in [-0.05, 0) is 37.0 Å². The highest BCUT2D eigenvalue weighted by Gasteiger charge is 2.26. The summed E-state index contributed by atoms with van der Waals surface area (Å²) in [6.07, 6.45) is 3.96. The average Bonchev–Trinajstić information content (AvgIpc) is 3.49. The molecule has 3 aromatic rings. The predicted molar refractivity (Wildman–Crippen MR) is 106 cm³/mol. The fraction of sp³-hybridized carbons (Fsp3) is 0.316. The van der Waals surface area contributed by atoms with Crippen molar-refractivity contribution in [1.29, 1.82) is 0 Å². The summed E-state index contributed by atoms with van der Waals surface area (Å²) in [6.45, 7) is 3.30. The summed E-state index contributed by atoms with van der Waals surface area (Å²) in [4.78, 5) is 16.9. The van der Waals surface area contributed by atoms with Gasteiger partial charge in [-0.15, -0.1) is 10.2 Å². The van der Waals surface area contributed by atoms with Gasteiger partial charge in [0.25, 0.3) is 15.9 Å². The first-order valence-corrected chi connectivity index (χ1v) is 10.9. The van der Waals surface area contributed by atoms with Crippen molar-refractivity contribution < 1.29 is 17.6 Å². The molecule has 2 N–H and O–H groups in total. The first-order valence-electron chi connectivity index (χ1n) is 9.40. The van der Waals surface area contributed by atoms with Gasteiger partial charge in [-0.2, -0.15) is 0 Å². The number of sulfonamides is 1. The van der Waals surface area contributed by atoms with Crippen LogP contribution in [0.1, 0.15) is 36.0 Å². The number of anilines is 1. The molecule has 0 unspecified atom stereocenters. The fourth-order valence-corrected chi connectivity index (χ4v) is 4.35. The largest absolute Gasteiger partial charge is 0.411 e. The summed E-state index contributed by atoms with van der Waals surface area (Å²) in [5.41, 5.74) is 1.75. The Morgan fingerprint density at radius 3 is 2.76 bits per heavy atom. The van der Waals surface area contributed by atoms with Crippen molar-refractivity contribution in [2.24, 2.45) is 0 Å². The van der Waals surface area contributed by atoms with Gasteiger partial charge >= 0.3 is 11.8 Å². The Balaban J connectivity index is 1.54. The SMILES string of the molecule is CCc1ccccc1NS(=O)(=O)c1c[nH]c(-c2nnc(C(=O)N3CCCC3)o2)c1. The number of carbonyl (C=O) groups is 1. The zero-order valence-corrected chi connectivity index (χ0v) is 16.7. The second-order valence-corrected chi connectivity index (χ2v) is 8.46. The maximum absolute atomic E-state index is 12.7. The topological polar surface area (TPSA) is 121 Å². The first kappa shape index (κ1) is 19.2. The number of aromatic nitrogens is 3. The van der Waals surface area contributed by atoms with Gasteiger partial charge in [0.05, 0.1) is 5.69 Å². The lowest BCUT2D eigenvalue weighted by Crippen LogP contribution is -2.27. The molecule has 0 spiro atoms. The van der Waals surface area contributed by atoms with E-state index in [0.717, 1.165) is 18.4 Å². The predicted octanol–water partition coefficient (Wildman–Crippen LogP) is 2.66. The van der Waals surface area contributed by atoms with Crippen LogP contribution in [0.2, 0.25) is 0 Å². The number of hydrogen-bond donors (Lipinski definition) is 2. The molecule has 1 saturated heterocycles. The molecule has 9 nitrogen and oxygen atoms in total. The molecule has 152 valence electrons. The molecule has 1 aliphatic heterocycles. The molecular weight excluding hydrogens is 394 g/mol. The molecule has 1 fully saturated rings. The molecule has 2 aromatic heterocycles. The van der Waals surface area contributed by atoms with Gasteiger partial charge in [0.1, 0.15) is 10.6 Å². The van der Waals surface area contributed by atoms with Crippen LogP contribution in [0.4, 0.5) is 5.69 Å². The van der Waals surface area contributed by atoms with Crippen LogP contribution < -0.4 is 4.72 Å². The summed E-state index contributed by atoms with van der Waals surface area (Å²) in [5, 5.41) is 7.68. The number of benzene rings is 1. The third-order valence-electron chi connectivity index (χ3n) is 4.84. The molecule has 29 heavy (non-hydrogen) atoms. The van der Waals surface area contributed by atoms with Crippen LogP contribution in [0.5, 0.6) is 0 Å². The minimum Gasteiger partial charge on any atom is -0.411 e. The van der Waals surface area contributed by atoms with Crippen molar-refractivity contribution >= 4 is 21.6 Å². The smallest absolute Gasteiger partial charge is 0.311 e. The van der Waals surface area contributed by atoms with Gasteiger partial charge in [-0.25, -0.2) is 8.42 Å². The molecule has 0 radical (unpaired) electrons. The van der Waals surface area contributed by atoms with Gasteiger partial charge in [-0.3, -0.25) is 9.52 Å². The second-order valence-electron chi connectivity index (χ2n) is 6.78. The van der Waals surface area contributed by atoms with Crippen molar-refractivity contribution in [2.45, 2.75) is 31.1 Å². The molecule has 1 aliphatic rings. The summed E-state index contributed by atoms with van der Waals surface area (Å²) in [7, 11) is -3.80. The molecular formula is C19H21N5O4S. The van der Waals surface area contributed by atoms with E-state index < -0.39 is 10.0 Å². The summed E-state index contributed by atoms with van der Waals surface area (Å²) >= 11 is 0. The molecule has 1 amide bonds. The maximum atomic E-state index is 12.7. The highest BCUT2D eigenvalue weighted by molar-refractivity contribution is 7.92. The molecule has 0 saturated carbocycles. The molecule has 0 bridgehead atoms. The molecule has 4 rings (SSSR count). The Morgan fingerprint density at radius 1 is 1.24 bits per heavy atom. The average molecular weight is 415 g/mol. The molecule has 10 heteroatoms. The van der Waals surface area contributed by atoms with Crippen LogP contribution in [0.25, 0.3) is 11.6 Å². The lowest BCUT2D eigenvalue weighted by molar-refractivity contribution is 0.0754. The van der Waals surface area contributed by atoms with Gasteiger partial charge in [0.2, 0.25) is 0 Å². The molecule has 1 aromatic carbocycles. The van der Waals surface area contributed by atoms with Crippen molar-refractivity contribution in [3.05, 3.63) is 48.0 Å². The van der Waals surface area contributed by atoms with Crippen molar-refractivity contribution in [2.75, 3.05) is 17.8 Å². The monoisotopic (exact) mass is 415 g/mol. The van der Waals surface area contributed by atoms with E-state index in [9.17, 15) is 13.2 Å². The van der Waals surface area contributed by atoms with Crippen molar-refractivity contribution in [3.63, 3.8) is 0 Å². The van der Waals surface area contributed by atoms with E-state index in [0.29, 0.717) is 30.9 Å². The highest BCUT2D eigenvalue weighted by Crippen LogP contribution is 2.24. The van der Waals surface area contributed by atoms with Crippen LogP contribution in [-0.4, -0.2) is 47.5 Å². The van der Waals surface area contributed by atoms with E-state index in [1.165, 1.54) is 12.3 Å².